The minimum Gasteiger partial charge on any atom is -0.328 e. The Bertz CT molecular complexity index is 310. The van der Waals surface area contributed by atoms with Gasteiger partial charge < -0.3 is 5.73 Å². The highest BCUT2D eigenvalue weighted by Crippen LogP contribution is 2.14. The predicted molar refractivity (Wildman–Crippen MR) is 43.7 cm³/mol. The Morgan fingerprint density at radius 2 is 1.69 bits per heavy atom. The van der Waals surface area contributed by atoms with Crippen LogP contribution in [0.2, 0.25) is 0 Å². The first kappa shape index (κ1) is 10.1. The van der Waals surface area contributed by atoms with E-state index in [0.29, 0.717) is 6.07 Å². The molecule has 0 saturated heterocycles. The molecule has 0 saturated carbocycles. The Morgan fingerprint density at radius 1 is 1.15 bits per heavy atom. The summed E-state index contributed by atoms with van der Waals surface area (Å²) in [6.45, 7) is 1.67. The fourth-order valence-electron chi connectivity index (χ4n) is 1.07. The van der Waals surface area contributed by atoms with Crippen LogP contribution in [-0.2, 0) is 6.42 Å². The molecule has 4 heteroatoms. The van der Waals surface area contributed by atoms with Crippen molar-refractivity contribution in [3.8, 4) is 0 Å². The van der Waals surface area contributed by atoms with Gasteiger partial charge in [-0.15, -0.1) is 0 Å². The summed E-state index contributed by atoms with van der Waals surface area (Å²) in [4.78, 5) is 0. The molecule has 0 amide bonds. The van der Waals surface area contributed by atoms with Crippen molar-refractivity contribution in [2.45, 2.75) is 19.4 Å². The van der Waals surface area contributed by atoms with Gasteiger partial charge in [0, 0.05) is 12.1 Å². The number of hydrogen-bond donors (Lipinski definition) is 1. The highest BCUT2D eigenvalue weighted by atomic mass is 19.2. The van der Waals surface area contributed by atoms with Crippen LogP contribution in [0.25, 0.3) is 0 Å². The second-order valence-corrected chi connectivity index (χ2v) is 3.04. The van der Waals surface area contributed by atoms with Crippen molar-refractivity contribution < 1.29 is 13.2 Å². The van der Waals surface area contributed by atoms with Crippen LogP contribution in [0, 0.1) is 17.5 Å². The minimum absolute atomic E-state index is 0.105. The average molecular weight is 189 g/mol. The van der Waals surface area contributed by atoms with E-state index in [1.807, 2.05) is 0 Å². The molecule has 0 bridgehead atoms. The monoisotopic (exact) mass is 189 g/mol. The van der Waals surface area contributed by atoms with Gasteiger partial charge in [0.25, 0.3) is 0 Å². The number of halogens is 3. The first-order valence-corrected chi connectivity index (χ1v) is 3.89. The van der Waals surface area contributed by atoms with Crippen LogP contribution in [0.1, 0.15) is 12.5 Å². The molecule has 0 fully saturated rings. The van der Waals surface area contributed by atoms with E-state index >= 15 is 0 Å². The first-order valence-electron chi connectivity index (χ1n) is 3.89. The van der Waals surface area contributed by atoms with Gasteiger partial charge in [0.2, 0.25) is 0 Å². The molecule has 0 aliphatic heterocycles. The van der Waals surface area contributed by atoms with Gasteiger partial charge in [0.1, 0.15) is 5.82 Å². The van der Waals surface area contributed by atoms with E-state index in [1.54, 1.807) is 6.92 Å². The highest BCUT2D eigenvalue weighted by molar-refractivity contribution is 5.20. The van der Waals surface area contributed by atoms with Crippen molar-refractivity contribution in [1.29, 1.82) is 0 Å². The van der Waals surface area contributed by atoms with Crippen molar-refractivity contribution in [3.05, 3.63) is 35.1 Å². The van der Waals surface area contributed by atoms with Gasteiger partial charge in [-0.3, -0.25) is 0 Å². The fraction of sp³-hybridized carbons (Fsp3) is 0.333. The highest BCUT2D eigenvalue weighted by Gasteiger charge is 2.10. The quantitative estimate of drug-likeness (QED) is 0.707. The third-order valence-corrected chi connectivity index (χ3v) is 1.63. The fourth-order valence-corrected chi connectivity index (χ4v) is 1.07. The molecule has 1 rings (SSSR count). The summed E-state index contributed by atoms with van der Waals surface area (Å²) in [7, 11) is 0. The zero-order chi connectivity index (χ0) is 10.0. The molecule has 0 aliphatic rings. The largest absolute Gasteiger partial charge is 0.328 e. The molecule has 2 N–H and O–H groups in total. The maximum atomic E-state index is 12.9. The predicted octanol–water partition coefficient (Wildman–Crippen LogP) is 1.99. The lowest BCUT2D eigenvalue weighted by atomic mass is 10.1. The Balaban J connectivity index is 3.01. The summed E-state index contributed by atoms with van der Waals surface area (Å²) < 4.78 is 38.0. The molecule has 1 aromatic rings. The Hall–Kier alpha value is -1.03. The van der Waals surface area contributed by atoms with Crippen molar-refractivity contribution in [3.63, 3.8) is 0 Å². The number of hydrogen-bond acceptors (Lipinski definition) is 1. The standard InChI is InChI=1S/C9H10F3N/c1-5(13)2-6-3-8(11)9(12)4-7(6)10/h3-5H,2,13H2,1H3. The molecular weight excluding hydrogens is 179 g/mol. The van der Waals surface area contributed by atoms with E-state index < -0.39 is 17.5 Å². The van der Waals surface area contributed by atoms with Gasteiger partial charge in [-0.1, -0.05) is 0 Å². The molecule has 0 spiro atoms. The lowest BCUT2D eigenvalue weighted by molar-refractivity contribution is 0.488. The van der Waals surface area contributed by atoms with Crippen LogP contribution < -0.4 is 5.73 Å². The topological polar surface area (TPSA) is 26.0 Å². The zero-order valence-electron chi connectivity index (χ0n) is 7.15. The minimum atomic E-state index is -1.18. The number of nitrogens with two attached hydrogens (primary N) is 1. The van der Waals surface area contributed by atoms with E-state index in [2.05, 4.69) is 0 Å². The summed E-state index contributed by atoms with van der Waals surface area (Å²) in [5.41, 5.74) is 5.50. The molecule has 1 nitrogen and oxygen atoms in total. The molecule has 72 valence electrons. The summed E-state index contributed by atoms with van der Waals surface area (Å²) >= 11 is 0. The van der Waals surface area contributed by atoms with Crippen LogP contribution >= 0.6 is 0 Å². The van der Waals surface area contributed by atoms with Crippen LogP contribution in [0.15, 0.2) is 12.1 Å². The molecule has 0 aliphatic carbocycles. The lowest BCUT2D eigenvalue weighted by Crippen LogP contribution is -2.18. The SMILES string of the molecule is CC(N)Cc1cc(F)c(F)cc1F. The van der Waals surface area contributed by atoms with Gasteiger partial charge in [-0.2, -0.15) is 0 Å². The van der Waals surface area contributed by atoms with Gasteiger partial charge >= 0.3 is 0 Å². The molecule has 13 heavy (non-hydrogen) atoms. The van der Waals surface area contributed by atoms with E-state index in [-0.39, 0.29) is 18.0 Å². The molecule has 0 heterocycles. The van der Waals surface area contributed by atoms with Gasteiger partial charge in [0.05, 0.1) is 0 Å². The average Bonchev–Trinajstić information content (AvgIpc) is 1.99. The van der Waals surface area contributed by atoms with E-state index in [1.165, 1.54) is 0 Å². The van der Waals surface area contributed by atoms with Crippen molar-refractivity contribution in [2.24, 2.45) is 5.73 Å². The Kier molecular flexibility index (Phi) is 2.93. The van der Waals surface area contributed by atoms with Crippen LogP contribution in [0.3, 0.4) is 0 Å². The van der Waals surface area contributed by atoms with Crippen LogP contribution in [-0.4, -0.2) is 6.04 Å². The smallest absolute Gasteiger partial charge is 0.161 e. The van der Waals surface area contributed by atoms with Gasteiger partial charge in [-0.25, -0.2) is 13.2 Å². The summed E-state index contributed by atoms with van der Waals surface area (Å²) in [6.07, 6.45) is 0.197. The maximum Gasteiger partial charge on any atom is 0.161 e. The van der Waals surface area contributed by atoms with Crippen LogP contribution in [0.4, 0.5) is 13.2 Å². The third-order valence-electron chi connectivity index (χ3n) is 1.63. The van der Waals surface area contributed by atoms with Crippen molar-refractivity contribution in [2.75, 3.05) is 0 Å². The van der Waals surface area contributed by atoms with Crippen molar-refractivity contribution in [1.82, 2.24) is 0 Å². The maximum absolute atomic E-state index is 12.9. The Labute approximate surface area is 74.4 Å². The molecule has 0 radical (unpaired) electrons. The summed E-state index contributed by atoms with van der Waals surface area (Å²) in [5.74, 6) is -2.97. The number of benzene rings is 1. The summed E-state index contributed by atoms with van der Waals surface area (Å²) in [5, 5.41) is 0. The Morgan fingerprint density at radius 3 is 2.23 bits per heavy atom. The van der Waals surface area contributed by atoms with E-state index in [9.17, 15) is 13.2 Å². The van der Waals surface area contributed by atoms with Crippen molar-refractivity contribution >= 4 is 0 Å². The van der Waals surface area contributed by atoms with Crippen LogP contribution in [0.5, 0.6) is 0 Å². The van der Waals surface area contributed by atoms with Gasteiger partial charge in [0.15, 0.2) is 11.6 Å². The first-order chi connectivity index (χ1) is 6.00. The zero-order valence-corrected chi connectivity index (χ0v) is 7.15. The second kappa shape index (κ2) is 3.79. The lowest BCUT2D eigenvalue weighted by Gasteiger charge is -2.06. The molecule has 0 aromatic heterocycles. The molecule has 1 unspecified atom stereocenters. The van der Waals surface area contributed by atoms with E-state index in [4.69, 9.17) is 5.73 Å². The molecular formula is C9H10F3N. The molecule has 1 atom stereocenters. The molecule has 1 aromatic carbocycles. The summed E-state index contributed by atoms with van der Waals surface area (Å²) in [6, 6.07) is 1.10. The number of rotatable bonds is 2. The second-order valence-electron chi connectivity index (χ2n) is 3.04. The van der Waals surface area contributed by atoms with E-state index in [0.717, 1.165) is 6.07 Å². The third kappa shape index (κ3) is 2.45. The normalized spacial score (nSPS) is 13.0. The van der Waals surface area contributed by atoms with Gasteiger partial charge in [-0.05, 0) is 25.0 Å².